The molecule has 3 aromatic rings. The van der Waals surface area contributed by atoms with E-state index >= 15 is 0 Å². The molecular weight excluding hydrogens is 512 g/mol. The highest BCUT2D eigenvalue weighted by atomic mass is 32.1. The van der Waals surface area contributed by atoms with Gasteiger partial charge in [0.1, 0.15) is 23.9 Å². The zero-order valence-electron chi connectivity index (χ0n) is 20.0. The maximum absolute atomic E-state index is 13.3. The molecular formula is C26H24F4N2O4S. The topological polar surface area (TPSA) is 52.2 Å². The monoisotopic (exact) mass is 536 g/mol. The van der Waals surface area contributed by atoms with Gasteiger partial charge in [-0.1, -0.05) is 0 Å². The first kappa shape index (κ1) is 26.3. The Bertz CT molecular complexity index is 1240. The van der Waals surface area contributed by atoms with E-state index in [2.05, 4.69) is 10.1 Å². The van der Waals surface area contributed by atoms with E-state index in [0.717, 1.165) is 11.1 Å². The Morgan fingerprint density at radius 3 is 2.22 bits per heavy atom. The molecule has 0 bridgehead atoms. The van der Waals surface area contributed by atoms with Crippen molar-refractivity contribution in [2.24, 2.45) is 0 Å². The van der Waals surface area contributed by atoms with Gasteiger partial charge in [0.2, 0.25) is 0 Å². The van der Waals surface area contributed by atoms with Crippen LogP contribution in [-0.2, 0) is 6.42 Å². The summed E-state index contributed by atoms with van der Waals surface area (Å²) >= 11 is 5.68. The predicted octanol–water partition coefficient (Wildman–Crippen LogP) is 6.12. The molecule has 1 aliphatic rings. The fourth-order valence-electron chi connectivity index (χ4n) is 4.09. The van der Waals surface area contributed by atoms with Gasteiger partial charge in [-0.15, -0.1) is 13.2 Å². The molecule has 1 atom stereocenters. The number of nitrogens with one attached hydrogen (secondary N) is 1. The quantitative estimate of drug-likeness (QED) is 0.289. The van der Waals surface area contributed by atoms with Crippen molar-refractivity contribution in [2.75, 3.05) is 32.7 Å². The largest absolute Gasteiger partial charge is 0.573 e. The fraction of sp³-hybridized carbons (Fsp3) is 0.269. The summed E-state index contributed by atoms with van der Waals surface area (Å²) in [7, 11) is 3.12. The second kappa shape index (κ2) is 11.1. The molecule has 0 aromatic heterocycles. The van der Waals surface area contributed by atoms with Gasteiger partial charge in [-0.05, 0) is 90.4 Å². The van der Waals surface area contributed by atoms with Crippen LogP contribution in [0.25, 0.3) is 0 Å². The van der Waals surface area contributed by atoms with Crippen molar-refractivity contribution < 1.29 is 36.5 Å². The molecule has 3 aromatic carbocycles. The molecule has 0 saturated heterocycles. The van der Waals surface area contributed by atoms with Crippen molar-refractivity contribution in [3.8, 4) is 23.0 Å². The zero-order chi connectivity index (χ0) is 26.6. The van der Waals surface area contributed by atoms with Crippen LogP contribution in [0.3, 0.4) is 0 Å². The summed E-state index contributed by atoms with van der Waals surface area (Å²) in [6.45, 7) is 0.731. The second-order valence-corrected chi connectivity index (χ2v) is 8.52. The summed E-state index contributed by atoms with van der Waals surface area (Å²) in [6.07, 6.45) is -4.12. The number of anilines is 1. The summed E-state index contributed by atoms with van der Waals surface area (Å²) in [5, 5.41) is 3.44. The van der Waals surface area contributed by atoms with Crippen LogP contribution >= 0.6 is 12.2 Å². The van der Waals surface area contributed by atoms with Crippen LogP contribution < -0.4 is 24.3 Å². The Morgan fingerprint density at radius 1 is 0.973 bits per heavy atom. The summed E-state index contributed by atoms with van der Waals surface area (Å²) < 4.78 is 71.6. The third-order valence-corrected chi connectivity index (χ3v) is 6.16. The Balaban J connectivity index is 1.58. The number of methoxy groups -OCH3 is 2. The van der Waals surface area contributed by atoms with Crippen molar-refractivity contribution in [1.82, 2.24) is 4.90 Å². The molecule has 1 N–H and O–H groups in total. The van der Waals surface area contributed by atoms with Gasteiger partial charge in [-0.25, -0.2) is 4.39 Å². The first-order valence-electron chi connectivity index (χ1n) is 11.2. The lowest BCUT2D eigenvalue weighted by Crippen LogP contribution is -2.44. The van der Waals surface area contributed by atoms with E-state index in [9.17, 15) is 17.6 Å². The molecule has 1 heterocycles. The van der Waals surface area contributed by atoms with Crippen molar-refractivity contribution in [3.63, 3.8) is 0 Å². The molecule has 1 aliphatic heterocycles. The van der Waals surface area contributed by atoms with Crippen LogP contribution in [0.2, 0.25) is 0 Å². The fourth-order valence-corrected chi connectivity index (χ4v) is 4.43. The minimum atomic E-state index is -4.77. The van der Waals surface area contributed by atoms with Crippen LogP contribution in [-0.4, -0.2) is 43.7 Å². The highest BCUT2D eigenvalue weighted by Crippen LogP contribution is 2.39. The molecule has 4 rings (SSSR count). The number of nitrogens with zero attached hydrogens (tertiary/aromatic N) is 1. The highest BCUT2D eigenvalue weighted by Gasteiger charge is 2.32. The molecule has 6 nitrogen and oxygen atoms in total. The van der Waals surface area contributed by atoms with Crippen LogP contribution in [0, 0.1) is 5.82 Å². The Labute approximate surface area is 216 Å². The Hall–Kier alpha value is -3.73. The predicted molar refractivity (Wildman–Crippen MR) is 134 cm³/mol. The molecule has 0 radical (unpaired) electrons. The smallest absolute Gasteiger partial charge is 0.493 e. The molecule has 0 saturated carbocycles. The van der Waals surface area contributed by atoms with Crippen molar-refractivity contribution >= 4 is 23.0 Å². The SMILES string of the molecule is COc1cc2c(cc1OC)C(COc1ccc(F)cc1)N(C(=S)Nc1ccc(OC(F)(F)F)cc1)CC2. The maximum atomic E-state index is 13.3. The third-order valence-electron chi connectivity index (χ3n) is 5.82. The minimum Gasteiger partial charge on any atom is -0.493 e. The van der Waals surface area contributed by atoms with E-state index in [0.29, 0.717) is 41.0 Å². The summed E-state index contributed by atoms with van der Waals surface area (Å²) in [6, 6.07) is 14.5. The number of ether oxygens (including phenoxy) is 4. The standard InChI is InChI=1S/C26H24F4N2O4S/c1-33-23-13-16-11-12-32(25(37)31-18-5-9-20(10-6-18)36-26(28,29)30)22(21(16)14-24(23)34-2)15-35-19-7-3-17(27)4-8-19/h3-10,13-14,22H,11-12,15H2,1-2H3,(H,31,37). The molecule has 11 heteroatoms. The summed E-state index contributed by atoms with van der Waals surface area (Å²) in [4.78, 5) is 1.94. The molecule has 1 unspecified atom stereocenters. The number of fused-ring (bicyclic) bond motifs is 1. The first-order valence-corrected chi connectivity index (χ1v) is 11.6. The maximum Gasteiger partial charge on any atom is 0.573 e. The summed E-state index contributed by atoms with van der Waals surface area (Å²) in [5.41, 5.74) is 2.46. The van der Waals surface area contributed by atoms with Crippen LogP contribution in [0.4, 0.5) is 23.2 Å². The van der Waals surface area contributed by atoms with Gasteiger partial charge in [0.05, 0.1) is 20.3 Å². The summed E-state index contributed by atoms with van der Waals surface area (Å²) in [5.74, 6) is 0.949. The van der Waals surface area contributed by atoms with E-state index < -0.39 is 6.36 Å². The molecule has 0 fully saturated rings. The molecule has 0 aliphatic carbocycles. The van der Waals surface area contributed by atoms with Gasteiger partial charge < -0.3 is 29.2 Å². The van der Waals surface area contributed by atoms with Gasteiger partial charge in [-0.3, -0.25) is 0 Å². The Morgan fingerprint density at radius 2 is 1.59 bits per heavy atom. The number of hydrogen-bond acceptors (Lipinski definition) is 5. The van der Waals surface area contributed by atoms with Gasteiger partial charge in [0.15, 0.2) is 16.6 Å². The van der Waals surface area contributed by atoms with E-state index in [1.165, 1.54) is 36.4 Å². The molecule has 37 heavy (non-hydrogen) atoms. The van der Waals surface area contributed by atoms with Gasteiger partial charge in [0.25, 0.3) is 0 Å². The lowest BCUT2D eigenvalue weighted by Gasteiger charge is -2.39. The van der Waals surface area contributed by atoms with Gasteiger partial charge >= 0.3 is 6.36 Å². The van der Waals surface area contributed by atoms with Gasteiger partial charge in [-0.2, -0.15) is 0 Å². The number of alkyl halides is 3. The number of halogens is 4. The second-order valence-electron chi connectivity index (χ2n) is 8.13. The van der Waals surface area contributed by atoms with Crippen molar-refractivity contribution in [2.45, 2.75) is 18.8 Å². The van der Waals surface area contributed by atoms with E-state index in [-0.39, 0.29) is 24.2 Å². The van der Waals surface area contributed by atoms with Crippen molar-refractivity contribution in [1.29, 1.82) is 0 Å². The van der Waals surface area contributed by atoms with E-state index in [1.807, 2.05) is 17.0 Å². The van der Waals surface area contributed by atoms with Crippen LogP contribution in [0.1, 0.15) is 17.2 Å². The lowest BCUT2D eigenvalue weighted by molar-refractivity contribution is -0.274. The highest BCUT2D eigenvalue weighted by molar-refractivity contribution is 7.80. The normalized spacial score (nSPS) is 15.0. The van der Waals surface area contributed by atoms with Gasteiger partial charge in [0, 0.05) is 12.2 Å². The minimum absolute atomic E-state index is 0.189. The number of rotatable bonds is 7. The number of thiocarbonyl (C=S) groups is 1. The molecule has 0 amide bonds. The van der Waals surface area contributed by atoms with E-state index in [1.54, 1.807) is 26.4 Å². The third kappa shape index (κ3) is 6.53. The molecule has 196 valence electrons. The average Bonchev–Trinajstić information content (AvgIpc) is 2.87. The number of benzene rings is 3. The van der Waals surface area contributed by atoms with Crippen molar-refractivity contribution in [3.05, 3.63) is 77.6 Å². The van der Waals surface area contributed by atoms with Crippen LogP contribution in [0.15, 0.2) is 60.7 Å². The molecule has 0 spiro atoms. The Kier molecular flexibility index (Phi) is 7.91. The van der Waals surface area contributed by atoms with Crippen LogP contribution in [0.5, 0.6) is 23.0 Å². The first-order chi connectivity index (χ1) is 17.7. The van der Waals surface area contributed by atoms with E-state index in [4.69, 9.17) is 26.4 Å². The lowest BCUT2D eigenvalue weighted by atomic mass is 9.92. The average molecular weight is 537 g/mol. The zero-order valence-corrected chi connectivity index (χ0v) is 20.8. The number of hydrogen-bond donors (Lipinski definition) is 1.